The van der Waals surface area contributed by atoms with Crippen LogP contribution in [0, 0.1) is 0 Å². The van der Waals surface area contributed by atoms with Gasteiger partial charge in [-0.2, -0.15) is 0 Å². The van der Waals surface area contributed by atoms with Gasteiger partial charge in [0, 0.05) is 12.8 Å². The van der Waals surface area contributed by atoms with Crippen LogP contribution in [0.4, 0.5) is 0 Å². The van der Waals surface area contributed by atoms with Gasteiger partial charge in [-0.25, -0.2) is 0 Å². The van der Waals surface area contributed by atoms with Gasteiger partial charge in [-0.15, -0.1) is 0 Å². The minimum absolute atomic E-state index is 0.0275. The molecule has 10 heteroatoms. The van der Waals surface area contributed by atoms with Crippen LogP contribution in [0.1, 0.15) is 284 Å². The number of esters is 2. The summed E-state index contributed by atoms with van der Waals surface area (Å²) in [5, 5.41) is 0. The molecule has 0 rings (SSSR count). The van der Waals surface area contributed by atoms with Crippen molar-refractivity contribution in [1.82, 2.24) is 0 Å². The Bertz CT molecular complexity index is 1130. The number of ether oxygens (including phenoxy) is 2. The van der Waals surface area contributed by atoms with Crippen molar-refractivity contribution in [3.63, 3.8) is 0 Å². The van der Waals surface area contributed by atoms with Crippen LogP contribution in [0.15, 0.2) is 12.2 Å². The van der Waals surface area contributed by atoms with E-state index in [0.717, 1.165) is 38.5 Å². The summed E-state index contributed by atoms with van der Waals surface area (Å²) >= 11 is 0. The van der Waals surface area contributed by atoms with Crippen LogP contribution in [0.25, 0.3) is 0 Å². The summed E-state index contributed by atoms with van der Waals surface area (Å²) in [7, 11) is 1.18. The highest BCUT2D eigenvalue weighted by atomic mass is 31.2. The van der Waals surface area contributed by atoms with Gasteiger partial charge in [0.25, 0.3) is 7.82 Å². The van der Waals surface area contributed by atoms with Gasteiger partial charge in [-0.1, -0.05) is 244 Å². The number of allylic oxidation sites excluding steroid dienone is 2. The van der Waals surface area contributed by atoms with Crippen molar-refractivity contribution in [2.45, 2.75) is 290 Å². The molecule has 0 N–H and O–H groups in total. The van der Waals surface area contributed by atoms with E-state index in [1.54, 1.807) is 0 Å². The topological polar surface area (TPSA) is 111 Å². The number of likely N-dealkylation sites (N-methyl/N-ethyl adjacent to an activating group) is 1. The highest BCUT2D eigenvalue weighted by molar-refractivity contribution is 7.45. The van der Waals surface area contributed by atoms with Crippen LogP contribution in [-0.2, 0) is 32.7 Å². The molecular formula is C56H110NO8P. The van der Waals surface area contributed by atoms with Gasteiger partial charge >= 0.3 is 11.9 Å². The highest BCUT2D eigenvalue weighted by Crippen LogP contribution is 2.38. The van der Waals surface area contributed by atoms with Crippen molar-refractivity contribution in [3.8, 4) is 0 Å². The first-order valence-corrected chi connectivity index (χ1v) is 29.9. The molecule has 0 radical (unpaired) electrons. The second-order valence-corrected chi connectivity index (χ2v) is 22.1. The van der Waals surface area contributed by atoms with Gasteiger partial charge in [-0.3, -0.25) is 14.2 Å². The molecule has 392 valence electrons. The van der Waals surface area contributed by atoms with Crippen LogP contribution in [0.3, 0.4) is 0 Å². The number of carbonyl (C=O) groups is 2. The van der Waals surface area contributed by atoms with E-state index in [4.69, 9.17) is 18.5 Å². The number of rotatable bonds is 53. The first kappa shape index (κ1) is 64.8. The second kappa shape index (κ2) is 48.8. The number of unbranched alkanes of at least 4 members (excludes halogenated alkanes) is 37. The zero-order valence-corrected chi connectivity index (χ0v) is 45.3. The molecule has 0 saturated heterocycles. The van der Waals surface area contributed by atoms with Gasteiger partial charge in [0.05, 0.1) is 27.7 Å². The van der Waals surface area contributed by atoms with Crippen molar-refractivity contribution >= 4 is 19.8 Å². The Morgan fingerprint density at radius 3 is 1.12 bits per heavy atom. The molecular weight excluding hydrogens is 846 g/mol. The summed E-state index contributed by atoms with van der Waals surface area (Å²) in [6.07, 6.45) is 55.4. The van der Waals surface area contributed by atoms with Crippen LogP contribution in [0.5, 0.6) is 0 Å². The number of nitrogens with zero attached hydrogens (tertiary/aromatic N) is 1. The number of phosphoric ester groups is 1. The molecule has 0 aliphatic carbocycles. The molecule has 0 aromatic carbocycles. The Balaban J connectivity index is 4.13. The standard InChI is InChI=1S/C56H110NO8P/c1-6-8-10-12-14-16-18-20-22-24-26-27-28-29-31-32-34-36-38-40-42-44-46-48-55(58)62-52-54(53-64-66(60,61)63-51-50-57(3,4)5)65-56(59)49-47-45-43-41-39-37-35-33-30-25-23-21-19-17-15-13-11-9-7-2/h21,23,54H,6-20,22,24-53H2,1-5H3/b23-21-. The first-order valence-electron chi connectivity index (χ1n) is 28.4. The Morgan fingerprint density at radius 1 is 0.455 bits per heavy atom. The maximum Gasteiger partial charge on any atom is 0.306 e. The van der Waals surface area contributed by atoms with Gasteiger partial charge in [0.1, 0.15) is 19.8 Å². The number of quaternary nitrogens is 1. The molecule has 2 unspecified atom stereocenters. The molecule has 0 aromatic heterocycles. The zero-order valence-electron chi connectivity index (χ0n) is 44.4. The van der Waals surface area contributed by atoms with E-state index in [2.05, 4.69) is 26.0 Å². The van der Waals surface area contributed by atoms with Gasteiger partial charge in [0.15, 0.2) is 6.10 Å². The summed E-state index contributed by atoms with van der Waals surface area (Å²) < 4.78 is 34.1. The minimum Gasteiger partial charge on any atom is -0.756 e. The molecule has 0 aliphatic rings. The van der Waals surface area contributed by atoms with Gasteiger partial charge in [0.2, 0.25) is 0 Å². The smallest absolute Gasteiger partial charge is 0.306 e. The average molecular weight is 956 g/mol. The van der Waals surface area contributed by atoms with E-state index in [-0.39, 0.29) is 32.0 Å². The van der Waals surface area contributed by atoms with Crippen molar-refractivity contribution in [2.75, 3.05) is 47.5 Å². The minimum atomic E-state index is -4.63. The fourth-order valence-corrected chi connectivity index (χ4v) is 9.09. The molecule has 2 atom stereocenters. The maximum atomic E-state index is 12.8. The average Bonchev–Trinajstić information content (AvgIpc) is 3.27. The van der Waals surface area contributed by atoms with Crippen molar-refractivity contribution < 1.29 is 42.1 Å². The molecule has 0 heterocycles. The quantitative estimate of drug-likeness (QED) is 0.0195. The third-order valence-corrected chi connectivity index (χ3v) is 13.7. The maximum absolute atomic E-state index is 12.8. The number of carbonyl (C=O) groups excluding carboxylic acids is 2. The Kier molecular flexibility index (Phi) is 47.8. The first-order chi connectivity index (χ1) is 32.0. The van der Waals surface area contributed by atoms with E-state index in [1.165, 1.54) is 212 Å². The lowest BCUT2D eigenvalue weighted by atomic mass is 10.0. The molecule has 0 spiro atoms. The summed E-state index contributed by atoms with van der Waals surface area (Å²) in [5.74, 6) is -0.818. The predicted octanol–water partition coefficient (Wildman–Crippen LogP) is 16.6. The fraction of sp³-hybridized carbons (Fsp3) is 0.929. The van der Waals surface area contributed by atoms with Crippen molar-refractivity contribution in [2.24, 2.45) is 0 Å². The Labute approximate surface area is 409 Å². The molecule has 0 bridgehead atoms. The zero-order chi connectivity index (χ0) is 48.5. The Hall–Kier alpha value is -1.25. The SMILES string of the molecule is CCCCCCCC/C=C\CCCCCCCCCCCC(=O)OC(COC(=O)CCCCCCCCCCCCCCCCCCCCCCCCC)COP(=O)([O-])OCC[N+](C)(C)C. The Morgan fingerprint density at radius 2 is 0.773 bits per heavy atom. The van der Waals surface area contributed by atoms with E-state index < -0.39 is 26.5 Å². The summed E-state index contributed by atoms with van der Waals surface area (Å²) in [4.78, 5) is 37.8. The second-order valence-electron chi connectivity index (χ2n) is 20.7. The molecule has 0 aliphatic heterocycles. The molecule has 0 saturated carbocycles. The van der Waals surface area contributed by atoms with Gasteiger partial charge < -0.3 is 27.9 Å². The van der Waals surface area contributed by atoms with Crippen molar-refractivity contribution in [3.05, 3.63) is 12.2 Å². The lowest BCUT2D eigenvalue weighted by molar-refractivity contribution is -0.870. The number of hydrogen-bond acceptors (Lipinski definition) is 8. The van der Waals surface area contributed by atoms with Crippen molar-refractivity contribution in [1.29, 1.82) is 0 Å². The molecule has 0 aromatic rings. The normalized spacial score (nSPS) is 13.4. The summed E-state index contributed by atoms with van der Waals surface area (Å²) in [5.41, 5.74) is 0. The largest absolute Gasteiger partial charge is 0.756 e. The summed E-state index contributed by atoms with van der Waals surface area (Å²) in [6, 6.07) is 0. The number of hydrogen-bond donors (Lipinski definition) is 0. The van der Waals surface area contributed by atoms with E-state index in [1.807, 2.05) is 21.1 Å². The van der Waals surface area contributed by atoms with Crippen LogP contribution < -0.4 is 4.89 Å². The van der Waals surface area contributed by atoms with Gasteiger partial charge in [-0.05, 0) is 38.5 Å². The molecule has 0 amide bonds. The molecule has 0 fully saturated rings. The fourth-order valence-electron chi connectivity index (χ4n) is 8.36. The molecule has 9 nitrogen and oxygen atoms in total. The predicted molar refractivity (Wildman–Crippen MR) is 278 cm³/mol. The highest BCUT2D eigenvalue weighted by Gasteiger charge is 2.22. The number of phosphoric acid groups is 1. The lowest BCUT2D eigenvalue weighted by Gasteiger charge is -2.28. The van der Waals surface area contributed by atoms with E-state index in [0.29, 0.717) is 17.4 Å². The third-order valence-electron chi connectivity index (χ3n) is 12.8. The van der Waals surface area contributed by atoms with Crippen LogP contribution in [-0.4, -0.2) is 70.0 Å². The van der Waals surface area contributed by atoms with Crippen LogP contribution >= 0.6 is 7.82 Å². The lowest BCUT2D eigenvalue weighted by Crippen LogP contribution is -2.37. The summed E-state index contributed by atoms with van der Waals surface area (Å²) in [6.45, 7) is 4.29. The third kappa shape index (κ3) is 52.1. The molecule has 66 heavy (non-hydrogen) atoms. The van der Waals surface area contributed by atoms with E-state index >= 15 is 0 Å². The van der Waals surface area contributed by atoms with Crippen LogP contribution in [0.2, 0.25) is 0 Å². The van der Waals surface area contributed by atoms with E-state index in [9.17, 15) is 19.0 Å². The monoisotopic (exact) mass is 956 g/mol.